The fraction of sp³-hybridized carbons (Fsp3) is 0.188. The molecule has 3 rings (SSSR count). The molecule has 0 bridgehead atoms. The molecule has 0 fully saturated rings. The van der Waals surface area contributed by atoms with E-state index in [-0.39, 0.29) is 0 Å². The van der Waals surface area contributed by atoms with E-state index in [1.165, 1.54) is 0 Å². The van der Waals surface area contributed by atoms with E-state index >= 15 is 0 Å². The fourth-order valence-corrected chi connectivity index (χ4v) is 2.86. The van der Waals surface area contributed by atoms with E-state index in [4.69, 9.17) is 32.7 Å². The zero-order valence-electron chi connectivity index (χ0n) is 11.4. The molecule has 0 amide bonds. The molecule has 5 heteroatoms. The molecule has 0 N–H and O–H groups in total. The van der Waals surface area contributed by atoms with Gasteiger partial charge in [0.15, 0.2) is 0 Å². The number of hydrogen-bond donors (Lipinski definition) is 0. The monoisotopic (exact) mass is 322 g/mol. The van der Waals surface area contributed by atoms with Crippen molar-refractivity contribution < 1.29 is 14.3 Å². The van der Waals surface area contributed by atoms with Crippen molar-refractivity contribution in [2.75, 3.05) is 0 Å². The van der Waals surface area contributed by atoms with Crippen molar-refractivity contribution >= 4 is 29.2 Å². The number of hydrogen-bond acceptors (Lipinski definition) is 3. The van der Waals surface area contributed by atoms with Crippen molar-refractivity contribution in [3.63, 3.8) is 0 Å². The summed E-state index contributed by atoms with van der Waals surface area (Å²) in [5.41, 5.74) is 1.80. The van der Waals surface area contributed by atoms with Gasteiger partial charge in [0.1, 0.15) is 11.3 Å². The first-order chi connectivity index (χ1) is 9.85. The molecule has 2 aromatic rings. The van der Waals surface area contributed by atoms with Gasteiger partial charge in [-0.15, -0.1) is 0 Å². The lowest BCUT2D eigenvalue weighted by atomic mass is 9.98. The Hall–Kier alpha value is -1.71. The van der Waals surface area contributed by atoms with Gasteiger partial charge in [0, 0.05) is 29.5 Å². The number of carbonyl (C=O) groups excluding carboxylic acids is 1. The lowest BCUT2D eigenvalue weighted by Gasteiger charge is -2.32. The molecule has 0 unspecified atom stereocenters. The highest BCUT2D eigenvalue weighted by atomic mass is 35.5. The molecule has 2 aromatic carbocycles. The summed E-state index contributed by atoms with van der Waals surface area (Å²) in [6.07, 6.45) is 0. The third-order valence-corrected chi connectivity index (χ3v) is 3.53. The standard InChI is InChI=1S/C16H12Cl2O3/c1-16(2)20-13-5-3-4-12(14(13)15(19)21-16)9-6-10(17)8-11(18)7-9/h3-8H,1-2H3. The fourth-order valence-electron chi connectivity index (χ4n) is 2.34. The quantitative estimate of drug-likeness (QED) is 0.697. The second-order valence-corrected chi connectivity index (χ2v) is 6.10. The summed E-state index contributed by atoms with van der Waals surface area (Å²) in [7, 11) is 0. The molecule has 0 spiro atoms. The van der Waals surface area contributed by atoms with Crippen molar-refractivity contribution in [3.05, 3.63) is 52.0 Å². The number of fused-ring (bicyclic) bond motifs is 1. The normalized spacial score (nSPS) is 15.9. The van der Waals surface area contributed by atoms with E-state index in [0.717, 1.165) is 5.56 Å². The highest BCUT2D eigenvalue weighted by Gasteiger charge is 2.35. The van der Waals surface area contributed by atoms with Crippen LogP contribution in [-0.4, -0.2) is 11.8 Å². The van der Waals surface area contributed by atoms with Crippen LogP contribution in [0.2, 0.25) is 10.0 Å². The Bertz CT molecular complexity index is 718. The van der Waals surface area contributed by atoms with E-state index in [1.54, 1.807) is 38.1 Å². The van der Waals surface area contributed by atoms with Crippen LogP contribution in [0, 0.1) is 0 Å². The van der Waals surface area contributed by atoms with Gasteiger partial charge in [-0.1, -0.05) is 35.3 Å². The molecule has 108 valence electrons. The van der Waals surface area contributed by atoms with Crippen LogP contribution in [0.15, 0.2) is 36.4 Å². The van der Waals surface area contributed by atoms with Crippen LogP contribution < -0.4 is 4.74 Å². The maximum absolute atomic E-state index is 12.3. The van der Waals surface area contributed by atoms with Crippen molar-refractivity contribution in [2.24, 2.45) is 0 Å². The minimum absolute atomic E-state index is 0.384. The first-order valence-corrected chi connectivity index (χ1v) is 7.13. The zero-order valence-corrected chi connectivity index (χ0v) is 13.0. The summed E-state index contributed by atoms with van der Waals surface area (Å²) in [4.78, 5) is 12.3. The number of halogens is 2. The Morgan fingerprint density at radius 1 is 1.00 bits per heavy atom. The van der Waals surface area contributed by atoms with Crippen LogP contribution in [-0.2, 0) is 4.74 Å². The van der Waals surface area contributed by atoms with Crippen LogP contribution in [0.1, 0.15) is 24.2 Å². The molecule has 0 saturated heterocycles. The van der Waals surface area contributed by atoms with Gasteiger partial charge in [-0.2, -0.15) is 0 Å². The smallest absolute Gasteiger partial charge is 0.345 e. The van der Waals surface area contributed by atoms with Crippen LogP contribution in [0.25, 0.3) is 11.1 Å². The molecule has 0 aromatic heterocycles. The van der Waals surface area contributed by atoms with Crippen molar-refractivity contribution in [1.82, 2.24) is 0 Å². The molecule has 0 radical (unpaired) electrons. The first-order valence-electron chi connectivity index (χ1n) is 6.37. The van der Waals surface area contributed by atoms with Crippen molar-refractivity contribution in [1.29, 1.82) is 0 Å². The minimum Gasteiger partial charge on any atom is -0.452 e. The Morgan fingerprint density at radius 2 is 1.67 bits per heavy atom. The maximum Gasteiger partial charge on any atom is 0.345 e. The molecule has 21 heavy (non-hydrogen) atoms. The van der Waals surface area contributed by atoms with Gasteiger partial charge >= 0.3 is 5.97 Å². The molecule has 3 nitrogen and oxygen atoms in total. The van der Waals surface area contributed by atoms with Gasteiger partial charge in [-0.25, -0.2) is 4.79 Å². The van der Waals surface area contributed by atoms with E-state index in [9.17, 15) is 4.79 Å². The SMILES string of the molecule is CC1(C)OC(=O)c2c(cccc2-c2cc(Cl)cc(Cl)c2)O1. The second kappa shape index (κ2) is 4.93. The zero-order chi connectivity index (χ0) is 15.2. The average Bonchev–Trinajstić information content (AvgIpc) is 2.35. The highest BCUT2D eigenvalue weighted by Crippen LogP contribution is 2.38. The summed E-state index contributed by atoms with van der Waals surface area (Å²) < 4.78 is 11.0. The molecule has 0 saturated carbocycles. The highest BCUT2D eigenvalue weighted by molar-refractivity contribution is 6.35. The molecule has 1 heterocycles. The lowest BCUT2D eigenvalue weighted by Crippen LogP contribution is -2.39. The molecule has 1 aliphatic rings. The predicted octanol–water partition coefficient (Wildman–Crippen LogP) is 4.95. The molecular formula is C16H12Cl2O3. The van der Waals surface area contributed by atoms with E-state index in [0.29, 0.717) is 26.9 Å². The van der Waals surface area contributed by atoms with Gasteiger partial charge in [-0.3, -0.25) is 0 Å². The summed E-state index contributed by atoms with van der Waals surface area (Å²) in [5, 5.41) is 1.00. The van der Waals surface area contributed by atoms with Gasteiger partial charge in [0.2, 0.25) is 5.79 Å². The molecule has 0 atom stereocenters. The third-order valence-electron chi connectivity index (χ3n) is 3.10. The van der Waals surface area contributed by atoms with Gasteiger partial charge in [0.05, 0.1) is 0 Å². The lowest BCUT2D eigenvalue weighted by molar-refractivity contribution is -0.127. The Morgan fingerprint density at radius 3 is 2.33 bits per heavy atom. The number of rotatable bonds is 1. The average molecular weight is 323 g/mol. The number of cyclic esters (lactones) is 1. The Kier molecular flexibility index (Phi) is 3.34. The third kappa shape index (κ3) is 2.71. The van der Waals surface area contributed by atoms with Crippen LogP contribution in [0.4, 0.5) is 0 Å². The summed E-state index contributed by atoms with van der Waals surface area (Å²) >= 11 is 12.1. The van der Waals surface area contributed by atoms with Gasteiger partial charge in [-0.05, 0) is 29.8 Å². The van der Waals surface area contributed by atoms with E-state index in [2.05, 4.69) is 0 Å². The predicted molar refractivity (Wildman–Crippen MR) is 82.0 cm³/mol. The van der Waals surface area contributed by atoms with Crippen LogP contribution in [0.3, 0.4) is 0 Å². The van der Waals surface area contributed by atoms with Crippen molar-refractivity contribution in [3.8, 4) is 16.9 Å². The number of ether oxygens (including phenoxy) is 2. The van der Waals surface area contributed by atoms with Gasteiger partial charge < -0.3 is 9.47 Å². The Balaban J connectivity index is 2.20. The first kappa shape index (κ1) is 14.2. The number of carbonyl (C=O) groups is 1. The van der Waals surface area contributed by atoms with Crippen molar-refractivity contribution in [2.45, 2.75) is 19.6 Å². The molecule has 1 aliphatic heterocycles. The summed E-state index contributed by atoms with van der Waals surface area (Å²) in [5.74, 6) is -0.910. The van der Waals surface area contributed by atoms with Crippen LogP contribution >= 0.6 is 23.2 Å². The van der Waals surface area contributed by atoms with E-state index < -0.39 is 11.8 Å². The maximum atomic E-state index is 12.3. The van der Waals surface area contributed by atoms with Crippen LogP contribution in [0.5, 0.6) is 5.75 Å². The summed E-state index contributed by atoms with van der Waals surface area (Å²) in [6.45, 7) is 3.38. The largest absolute Gasteiger partial charge is 0.452 e. The minimum atomic E-state index is -0.977. The summed E-state index contributed by atoms with van der Waals surface area (Å²) in [6, 6.07) is 10.5. The number of esters is 1. The molecular weight excluding hydrogens is 311 g/mol. The number of benzene rings is 2. The topological polar surface area (TPSA) is 35.5 Å². The van der Waals surface area contributed by atoms with E-state index in [1.807, 2.05) is 12.1 Å². The second-order valence-electron chi connectivity index (χ2n) is 5.23. The van der Waals surface area contributed by atoms with Gasteiger partial charge in [0.25, 0.3) is 0 Å². The molecule has 0 aliphatic carbocycles. The Labute approximate surface area is 132 Å².